The van der Waals surface area contributed by atoms with Gasteiger partial charge < -0.3 is 62.7 Å². The van der Waals surface area contributed by atoms with E-state index in [2.05, 4.69) is 49.0 Å². The highest BCUT2D eigenvalue weighted by atomic mass is 16.6. The predicted molar refractivity (Wildman–Crippen MR) is 290 cm³/mol. The number of aromatic amines is 1. The van der Waals surface area contributed by atoms with E-state index in [4.69, 9.17) is 20.9 Å². The number of allylic oxidation sites excluding steroid dienone is 2. The van der Waals surface area contributed by atoms with Crippen LogP contribution in [0, 0.1) is 0 Å². The number of benzene rings is 4. The first kappa shape index (κ1) is 55.0. The summed E-state index contributed by atoms with van der Waals surface area (Å²) in [6.07, 6.45) is 8.88. The van der Waals surface area contributed by atoms with Crippen LogP contribution < -0.4 is 48.1 Å². The summed E-state index contributed by atoms with van der Waals surface area (Å²) in [6, 6.07) is 24.1. The van der Waals surface area contributed by atoms with Gasteiger partial charge in [-0.1, -0.05) is 109 Å². The van der Waals surface area contributed by atoms with E-state index in [1.807, 2.05) is 36.4 Å². The van der Waals surface area contributed by atoms with E-state index >= 15 is 9.59 Å². The molecule has 19 nitrogen and oxygen atoms in total. The van der Waals surface area contributed by atoms with E-state index in [1.54, 1.807) is 85.1 Å². The minimum atomic E-state index is -1.41. The van der Waals surface area contributed by atoms with Gasteiger partial charge in [0.1, 0.15) is 54.7 Å². The maximum absolute atomic E-state index is 15.3. The first-order valence-corrected chi connectivity index (χ1v) is 26.3. The van der Waals surface area contributed by atoms with Gasteiger partial charge in [-0.3, -0.25) is 28.8 Å². The van der Waals surface area contributed by atoms with E-state index in [1.165, 1.54) is 4.90 Å². The molecule has 11 N–H and O–H groups in total. The van der Waals surface area contributed by atoms with Crippen LogP contribution in [-0.2, 0) is 52.8 Å². The van der Waals surface area contributed by atoms with Crippen molar-refractivity contribution in [2.24, 2.45) is 11.5 Å². The number of aromatic nitrogens is 1. The first-order valence-electron chi connectivity index (χ1n) is 26.3. The van der Waals surface area contributed by atoms with Gasteiger partial charge in [-0.2, -0.15) is 0 Å². The fourth-order valence-electron chi connectivity index (χ4n) is 9.85. The Balaban J connectivity index is 1.19. The van der Waals surface area contributed by atoms with Crippen LogP contribution in [0.15, 0.2) is 139 Å². The van der Waals surface area contributed by atoms with Crippen LogP contribution in [0.25, 0.3) is 10.9 Å². The minimum Gasteiger partial charge on any atom is -0.489 e. The summed E-state index contributed by atoms with van der Waals surface area (Å²) in [6.45, 7) is 0.678. The molecule has 3 unspecified atom stereocenters. The third kappa shape index (κ3) is 15.0. The molecule has 2 fully saturated rings. The minimum absolute atomic E-state index is 0.0355. The van der Waals surface area contributed by atoms with Crippen LogP contribution in [0.1, 0.15) is 66.8 Å². The molecule has 404 valence electrons. The van der Waals surface area contributed by atoms with Crippen LogP contribution in [-0.4, -0.2) is 121 Å². The number of alkyl carbamates (subject to hydrolysis) is 1. The molecule has 1 aliphatic carbocycles. The second kappa shape index (κ2) is 27.0. The highest BCUT2D eigenvalue weighted by molar-refractivity contribution is 5.99. The van der Waals surface area contributed by atoms with Crippen molar-refractivity contribution >= 4 is 52.4 Å². The van der Waals surface area contributed by atoms with Crippen LogP contribution in [0.5, 0.6) is 5.75 Å². The smallest absolute Gasteiger partial charge is 0.407 e. The molecule has 77 heavy (non-hydrogen) atoms. The van der Waals surface area contributed by atoms with Gasteiger partial charge in [-0.05, 0) is 84.7 Å². The Morgan fingerprint density at radius 3 is 2.03 bits per heavy atom. The topological polar surface area (TPSA) is 281 Å². The quantitative estimate of drug-likeness (QED) is 0.0609. The average molecular weight is 1050 g/mol. The van der Waals surface area contributed by atoms with Gasteiger partial charge in [0.25, 0.3) is 0 Å². The Morgan fingerprint density at radius 2 is 1.30 bits per heavy atom. The lowest BCUT2D eigenvalue weighted by atomic mass is 9.99. The van der Waals surface area contributed by atoms with Gasteiger partial charge in [0.05, 0.1) is 6.54 Å². The Labute approximate surface area is 447 Å². The number of nitrogens with two attached hydrogens (primary N) is 2. The molecular weight excluding hydrogens is 981 g/mol. The number of fused-ring (bicyclic) bond motifs is 2. The van der Waals surface area contributed by atoms with Gasteiger partial charge in [0.2, 0.25) is 35.4 Å². The molecule has 0 radical (unpaired) electrons. The van der Waals surface area contributed by atoms with Crippen LogP contribution in [0.4, 0.5) is 4.79 Å². The average Bonchev–Trinajstić information content (AvgIpc) is 4.08. The summed E-state index contributed by atoms with van der Waals surface area (Å²) in [5, 5.41) is 17.9. The van der Waals surface area contributed by atoms with E-state index in [0.29, 0.717) is 54.0 Å². The van der Waals surface area contributed by atoms with Gasteiger partial charge in [-0.15, -0.1) is 0 Å². The summed E-state index contributed by atoms with van der Waals surface area (Å²) in [4.78, 5) is 107. The van der Waals surface area contributed by atoms with Crippen molar-refractivity contribution < 1.29 is 43.0 Å². The van der Waals surface area contributed by atoms with E-state index in [9.17, 15) is 24.0 Å². The van der Waals surface area contributed by atoms with Crippen molar-refractivity contribution in [2.75, 3.05) is 32.8 Å². The molecule has 3 aliphatic rings. The van der Waals surface area contributed by atoms with E-state index in [-0.39, 0.29) is 51.7 Å². The number of carbonyl (C=O) groups is 7. The third-order valence-corrected chi connectivity index (χ3v) is 13.9. The number of H-pyrrole nitrogens is 1. The van der Waals surface area contributed by atoms with Crippen molar-refractivity contribution in [1.82, 2.24) is 41.8 Å². The molecule has 3 heterocycles. The maximum Gasteiger partial charge on any atom is 0.407 e. The van der Waals surface area contributed by atoms with Crippen molar-refractivity contribution in [3.8, 4) is 5.75 Å². The summed E-state index contributed by atoms with van der Waals surface area (Å²) in [7, 11) is 0. The lowest BCUT2D eigenvalue weighted by molar-refractivity contribution is -0.143. The van der Waals surface area contributed by atoms with Crippen LogP contribution in [0.3, 0.4) is 0 Å². The van der Waals surface area contributed by atoms with Crippen LogP contribution >= 0.6 is 0 Å². The molecule has 7 atom stereocenters. The Hall–Kier alpha value is -8.29. The van der Waals surface area contributed by atoms with Crippen LogP contribution in [0.2, 0.25) is 0 Å². The molecule has 8 rings (SSSR count). The second-order valence-corrected chi connectivity index (χ2v) is 19.5. The second-order valence-electron chi connectivity index (χ2n) is 19.5. The summed E-state index contributed by atoms with van der Waals surface area (Å²) < 4.78 is 11.8. The number of nitrogens with zero attached hydrogens (tertiary/aromatic N) is 1. The molecule has 2 aliphatic heterocycles. The molecule has 5 aromatic rings. The molecule has 0 spiro atoms. The summed E-state index contributed by atoms with van der Waals surface area (Å²) in [5.74, 6) is -3.71. The first-order chi connectivity index (χ1) is 37.5. The molecule has 7 amide bonds. The molecular formula is C58H68N10O9. The van der Waals surface area contributed by atoms with Crippen molar-refractivity contribution in [2.45, 2.75) is 100 Å². The SMILES string of the molecule is NCCCCC1NC(=O)[C@@H](Cc2c[nH]c3ccccc23)NC(=O)C(c2ccccc2)NC(=O)C2C[C@@H](OC(=O)NCCN)CN2C(=O)[C@H](Cc2ccccc2)NC(=O)[C@H](Cc2ccc(OCC3=CCCC=C3)cc2)NC1=O. The molecule has 19 heteroatoms. The Morgan fingerprint density at radius 1 is 0.649 bits per heavy atom. The third-order valence-electron chi connectivity index (χ3n) is 13.9. The summed E-state index contributed by atoms with van der Waals surface area (Å²) >= 11 is 0. The zero-order valence-electron chi connectivity index (χ0n) is 42.9. The molecule has 4 aromatic carbocycles. The fraction of sp³-hybridized carbons (Fsp3) is 0.362. The summed E-state index contributed by atoms with van der Waals surface area (Å²) in [5.41, 5.74) is 15.8. The molecule has 1 aromatic heterocycles. The molecule has 0 saturated carbocycles. The van der Waals surface area contributed by atoms with Gasteiger partial charge >= 0.3 is 6.09 Å². The van der Waals surface area contributed by atoms with Crippen molar-refractivity contribution in [1.29, 1.82) is 0 Å². The lowest BCUT2D eigenvalue weighted by Gasteiger charge is -2.32. The number of hydrogen-bond acceptors (Lipinski definition) is 11. The molecule has 2 saturated heterocycles. The fourth-order valence-corrected chi connectivity index (χ4v) is 9.85. The highest BCUT2D eigenvalue weighted by Crippen LogP contribution is 2.26. The number of carbonyl (C=O) groups excluding carboxylic acids is 7. The Kier molecular flexibility index (Phi) is 19.2. The van der Waals surface area contributed by atoms with Gasteiger partial charge in [-0.25, -0.2) is 4.79 Å². The number of nitrogens with one attached hydrogen (secondary N) is 7. The maximum atomic E-state index is 15.3. The molecule has 0 bridgehead atoms. The number of hydrogen-bond donors (Lipinski definition) is 9. The van der Waals surface area contributed by atoms with E-state index in [0.717, 1.165) is 29.3 Å². The number of amides is 7. The highest BCUT2D eigenvalue weighted by Gasteiger charge is 2.45. The van der Waals surface area contributed by atoms with E-state index < -0.39 is 83.9 Å². The largest absolute Gasteiger partial charge is 0.489 e. The normalized spacial score (nSPS) is 22.5. The predicted octanol–water partition coefficient (Wildman–Crippen LogP) is 3.44. The number of para-hydroxylation sites is 1. The van der Waals surface area contributed by atoms with Crippen molar-refractivity contribution in [3.63, 3.8) is 0 Å². The van der Waals surface area contributed by atoms with Gasteiger partial charge in [0, 0.05) is 55.9 Å². The lowest BCUT2D eigenvalue weighted by Crippen LogP contribution is -2.61. The zero-order valence-corrected chi connectivity index (χ0v) is 42.9. The van der Waals surface area contributed by atoms with Crippen molar-refractivity contribution in [3.05, 3.63) is 161 Å². The monoisotopic (exact) mass is 1050 g/mol. The zero-order chi connectivity index (χ0) is 54.1. The number of unbranched alkanes of at least 4 members (excludes halogenated alkanes) is 1. The number of ether oxygens (including phenoxy) is 2. The number of rotatable bonds is 17. The van der Waals surface area contributed by atoms with Gasteiger partial charge in [0.15, 0.2) is 0 Å². The Bertz CT molecular complexity index is 2910. The standard InChI is InChI=1S/C58H68N10O9/c59-27-13-12-22-46-52(69)64-47(30-38-23-25-42(26-24-38)76-36-39-16-6-2-7-17-39)53(70)66-49(31-37-14-4-1-5-15-37)57(74)68-35-43(77-58(75)61-29-28-60)33-50(68)55(72)67-51(40-18-8-3-9-19-40)56(73)65-48(54(71)63-46)32-41-34-62-45-21-11-10-20-44(41)45/h1,3-6,8-11,14-21,23-26,34,43,46-51,62H,2,7,12-13,22,27-33,35-36,59-60H2,(H,61,75)(H,63,71)(H,64,69)(H,65,73)(H,66,70)(H,67,72)/t43-,46?,47+,48-,49+,50?,51?/m1/s1.